The van der Waals surface area contributed by atoms with Crippen molar-refractivity contribution < 1.29 is 23.0 Å². The first-order valence-corrected chi connectivity index (χ1v) is 9.98. The molecule has 2 aromatic rings. The van der Waals surface area contributed by atoms with E-state index in [1.807, 2.05) is 30.3 Å². The summed E-state index contributed by atoms with van der Waals surface area (Å²) < 4.78 is 35.7. The Hall–Kier alpha value is -3.36. The first-order chi connectivity index (χ1) is 15.0. The molecule has 0 atom stereocenters. The lowest BCUT2D eigenvalue weighted by Crippen LogP contribution is -2.43. The molecule has 0 aliphatic carbocycles. The van der Waals surface area contributed by atoms with Gasteiger partial charge in [0.05, 0.1) is 13.2 Å². The first-order valence-electron chi connectivity index (χ1n) is 9.98. The number of guanidine groups is 1. The van der Waals surface area contributed by atoms with E-state index in [4.69, 9.17) is 4.74 Å². The van der Waals surface area contributed by atoms with Crippen molar-refractivity contribution in [3.05, 3.63) is 59.7 Å². The van der Waals surface area contributed by atoms with Gasteiger partial charge in [0.15, 0.2) is 17.5 Å². The maximum atomic E-state index is 12.8. The SMILES string of the molecule is CCOc1cccc(CNC(=NC)NCC(=O)NCCc2ccccc2)c1OC(F)F. The third-order valence-electron chi connectivity index (χ3n) is 4.23. The summed E-state index contributed by atoms with van der Waals surface area (Å²) in [6.07, 6.45) is 0.739. The van der Waals surface area contributed by atoms with Crippen molar-refractivity contribution in [3.8, 4) is 11.5 Å². The monoisotopic (exact) mass is 434 g/mol. The molecule has 0 spiro atoms. The lowest BCUT2D eigenvalue weighted by atomic mass is 10.1. The van der Waals surface area contributed by atoms with Crippen molar-refractivity contribution >= 4 is 11.9 Å². The highest BCUT2D eigenvalue weighted by Crippen LogP contribution is 2.32. The summed E-state index contributed by atoms with van der Waals surface area (Å²) in [6, 6.07) is 14.8. The number of benzene rings is 2. The van der Waals surface area contributed by atoms with Crippen LogP contribution in [0.3, 0.4) is 0 Å². The molecule has 0 radical (unpaired) electrons. The zero-order valence-electron chi connectivity index (χ0n) is 17.7. The van der Waals surface area contributed by atoms with Gasteiger partial charge in [0, 0.05) is 25.7 Å². The van der Waals surface area contributed by atoms with E-state index in [1.54, 1.807) is 32.2 Å². The van der Waals surface area contributed by atoms with E-state index in [-0.39, 0.29) is 30.5 Å². The number of aliphatic imine (C=N–C) groups is 1. The van der Waals surface area contributed by atoms with Crippen LogP contribution < -0.4 is 25.4 Å². The van der Waals surface area contributed by atoms with Gasteiger partial charge in [0.2, 0.25) is 5.91 Å². The van der Waals surface area contributed by atoms with Gasteiger partial charge in [-0.15, -0.1) is 0 Å². The van der Waals surface area contributed by atoms with E-state index in [0.29, 0.717) is 24.7 Å². The second-order valence-corrected chi connectivity index (χ2v) is 6.42. The smallest absolute Gasteiger partial charge is 0.387 e. The molecule has 2 aromatic carbocycles. The minimum atomic E-state index is -2.97. The quantitative estimate of drug-likeness (QED) is 0.374. The largest absolute Gasteiger partial charge is 0.490 e. The third kappa shape index (κ3) is 8.49. The average Bonchev–Trinajstić information content (AvgIpc) is 2.76. The summed E-state index contributed by atoms with van der Waals surface area (Å²) >= 11 is 0. The first kappa shape index (κ1) is 23.9. The van der Waals surface area contributed by atoms with Crippen molar-refractivity contribution in [1.82, 2.24) is 16.0 Å². The van der Waals surface area contributed by atoms with Crippen LogP contribution in [0.25, 0.3) is 0 Å². The molecular weight excluding hydrogens is 406 g/mol. The summed E-state index contributed by atoms with van der Waals surface area (Å²) in [5, 5.41) is 8.71. The Morgan fingerprint density at radius 1 is 1.06 bits per heavy atom. The Morgan fingerprint density at radius 3 is 2.52 bits per heavy atom. The van der Waals surface area contributed by atoms with Gasteiger partial charge in [-0.2, -0.15) is 8.78 Å². The lowest BCUT2D eigenvalue weighted by Gasteiger charge is -2.17. The Bertz CT molecular complexity index is 848. The minimum absolute atomic E-state index is 0.0217. The summed E-state index contributed by atoms with van der Waals surface area (Å²) in [5.41, 5.74) is 1.62. The Morgan fingerprint density at radius 2 is 1.84 bits per heavy atom. The number of para-hydroxylation sites is 1. The molecule has 0 aromatic heterocycles. The molecule has 0 saturated carbocycles. The highest BCUT2D eigenvalue weighted by atomic mass is 19.3. The van der Waals surface area contributed by atoms with Crippen LogP contribution >= 0.6 is 0 Å². The molecule has 0 fully saturated rings. The van der Waals surface area contributed by atoms with Gasteiger partial charge in [0.1, 0.15) is 0 Å². The van der Waals surface area contributed by atoms with Crippen molar-refractivity contribution in [2.75, 3.05) is 26.7 Å². The van der Waals surface area contributed by atoms with E-state index in [1.165, 1.54) is 0 Å². The van der Waals surface area contributed by atoms with Gasteiger partial charge in [-0.1, -0.05) is 42.5 Å². The molecule has 1 amide bonds. The van der Waals surface area contributed by atoms with Gasteiger partial charge in [-0.25, -0.2) is 0 Å². The molecule has 0 bridgehead atoms. The number of carbonyl (C=O) groups is 1. The molecule has 0 aliphatic rings. The summed E-state index contributed by atoms with van der Waals surface area (Å²) in [5.74, 6) is 0.380. The lowest BCUT2D eigenvalue weighted by molar-refractivity contribution is -0.119. The maximum Gasteiger partial charge on any atom is 0.387 e. The van der Waals surface area contributed by atoms with Gasteiger partial charge in [-0.05, 0) is 25.0 Å². The molecule has 7 nitrogen and oxygen atoms in total. The molecule has 0 heterocycles. The van der Waals surface area contributed by atoms with E-state index in [9.17, 15) is 13.6 Å². The highest BCUT2D eigenvalue weighted by molar-refractivity contribution is 5.86. The standard InChI is InChI=1S/C22H28F2N4O3/c1-3-30-18-11-7-10-17(20(18)31-21(23)24)14-27-22(25-2)28-15-19(29)26-13-12-16-8-5-4-6-9-16/h4-11,21H,3,12-15H2,1-2H3,(H,26,29)(H2,25,27,28). The molecule has 3 N–H and O–H groups in total. The Balaban J connectivity index is 1.84. The van der Waals surface area contributed by atoms with Gasteiger partial charge < -0.3 is 25.4 Å². The van der Waals surface area contributed by atoms with Crippen LogP contribution in [-0.4, -0.2) is 45.2 Å². The van der Waals surface area contributed by atoms with Crippen LogP contribution in [0, 0.1) is 0 Å². The zero-order valence-corrected chi connectivity index (χ0v) is 17.7. The van der Waals surface area contributed by atoms with Crippen LogP contribution in [-0.2, 0) is 17.8 Å². The second-order valence-electron chi connectivity index (χ2n) is 6.42. The summed E-state index contributed by atoms with van der Waals surface area (Å²) in [4.78, 5) is 16.1. The highest BCUT2D eigenvalue weighted by Gasteiger charge is 2.16. The molecular formula is C22H28F2N4O3. The predicted molar refractivity (Wildman–Crippen MR) is 116 cm³/mol. The number of halogens is 2. The third-order valence-corrected chi connectivity index (χ3v) is 4.23. The Labute approximate surface area is 180 Å². The van der Waals surface area contributed by atoms with E-state index >= 15 is 0 Å². The summed E-state index contributed by atoms with van der Waals surface area (Å²) in [6.45, 7) is -0.203. The molecule has 31 heavy (non-hydrogen) atoms. The number of hydrogen-bond acceptors (Lipinski definition) is 4. The van der Waals surface area contributed by atoms with Crippen LogP contribution in [0.1, 0.15) is 18.1 Å². The normalized spacial score (nSPS) is 11.2. The summed E-state index contributed by atoms with van der Waals surface area (Å²) in [7, 11) is 1.55. The van der Waals surface area contributed by atoms with Gasteiger partial charge in [0.25, 0.3) is 0 Å². The van der Waals surface area contributed by atoms with Crippen LogP contribution in [0.15, 0.2) is 53.5 Å². The average molecular weight is 434 g/mol. The van der Waals surface area contributed by atoms with Crippen LogP contribution in [0.4, 0.5) is 8.78 Å². The molecule has 9 heteroatoms. The van der Waals surface area contributed by atoms with Crippen molar-refractivity contribution in [2.24, 2.45) is 4.99 Å². The number of nitrogens with one attached hydrogen (secondary N) is 3. The van der Waals surface area contributed by atoms with E-state index in [0.717, 1.165) is 12.0 Å². The topological polar surface area (TPSA) is 84.0 Å². The number of amides is 1. The molecule has 168 valence electrons. The number of ether oxygens (including phenoxy) is 2. The predicted octanol–water partition coefficient (Wildman–Crippen LogP) is 2.71. The number of alkyl halides is 2. The van der Waals surface area contributed by atoms with E-state index in [2.05, 4.69) is 25.7 Å². The molecule has 0 saturated heterocycles. The zero-order chi connectivity index (χ0) is 22.5. The van der Waals surface area contributed by atoms with Crippen molar-refractivity contribution in [1.29, 1.82) is 0 Å². The minimum Gasteiger partial charge on any atom is -0.490 e. The van der Waals surface area contributed by atoms with Crippen LogP contribution in [0.5, 0.6) is 11.5 Å². The van der Waals surface area contributed by atoms with Gasteiger partial charge >= 0.3 is 6.61 Å². The molecule has 0 aliphatic heterocycles. The Kier molecular flexibility index (Phi) is 10.1. The van der Waals surface area contributed by atoms with Crippen molar-refractivity contribution in [2.45, 2.75) is 26.5 Å². The van der Waals surface area contributed by atoms with Crippen molar-refractivity contribution in [3.63, 3.8) is 0 Å². The molecule has 0 unspecified atom stereocenters. The van der Waals surface area contributed by atoms with Gasteiger partial charge in [-0.3, -0.25) is 9.79 Å². The number of carbonyl (C=O) groups excluding carboxylic acids is 1. The number of hydrogen-bond donors (Lipinski definition) is 3. The number of rotatable bonds is 11. The number of nitrogens with zero attached hydrogens (tertiary/aromatic N) is 1. The fourth-order valence-electron chi connectivity index (χ4n) is 2.81. The maximum absolute atomic E-state index is 12.8. The fourth-order valence-corrected chi connectivity index (χ4v) is 2.81. The second kappa shape index (κ2) is 13.0. The van der Waals surface area contributed by atoms with E-state index < -0.39 is 6.61 Å². The van der Waals surface area contributed by atoms with Crippen LogP contribution in [0.2, 0.25) is 0 Å². The fraction of sp³-hybridized carbons (Fsp3) is 0.364. The molecule has 2 rings (SSSR count).